The largest absolute Gasteiger partial charge is 0.456 e. The first-order chi connectivity index (χ1) is 14.5. The molecule has 0 aliphatic carbocycles. The molecule has 1 fully saturated rings. The minimum atomic E-state index is -1.17. The fourth-order valence-electron chi connectivity index (χ4n) is 2.93. The molecule has 1 aliphatic heterocycles. The van der Waals surface area contributed by atoms with E-state index in [2.05, 4.69) is 33.9 Å². The number of nitrogens with one attached hydrogen (secondary N) is 4. The number of allylic oxidation sites excluding steroid dienone is 1. The van der Waals surface area contributed by atoms with Crippen LogP contribution in [0.2, 0.25) is 0 Å². The lowest BCUT2D eigenvalue weighted by molar-refractivity contribution is -0.152. The van der Waals surface area contributed by atoms with Gasteiger partial charge in [0, 0.05) is 12.2 Å². The van der Waals surface area contributed by atoms with E-state index in [0.717, 1.165) is 0 Å². The van der Waals surface area contributed by atoms with Crippen molar-refractivity contribution in [2.75, 3.05) is 5.75 Å². The number of hydrogen-bond acceptors (Lipinski definition) is 8. The van der Waals surface area contributed by atoms with Gasteiger partial charge in [0.2, 0.25) is 17.7 Å². The van der Waals surface area contributed by atoms with Gasteiger partial charge >= 0.3 is 5.97 Å². The number of aliphatic hydroxyl groups excluding tert-OH is 1. The normalized spacial score (nSPS) is 32.4. The molecule has 0 bridgehead atoms. The second-order valence-corrected chi connectivity index (χ2v) is 8.21. The summed E-state index contributed by atoms with van der Waals surface area (Å²) < 4.78 is 5.40. The van der Waals surface area contributed by atoms with E-state index in [-0.39, 0.29) is 18.1 Å². The summed E-state index contributed by atoms with van der Waals surface area (Å²) in [4.78, 5) is 50.3. The number of cyclic esters (lactones) is 1. The van der Waals surface area contributed by atoms with E-state index in [1.807, 2.05) is 0 Å². The van der Waals surface area contributed by atoms with Crippen molar-refractivity contribution in [3.05, 3.63) is 12.2 Å². The molecule has 1 saturated heterocycles. The zero-order valence-corrected chi connectivity index (χ0v) is 19.4. The van der Waals surface area contributed by atoms with Gasteiger partial charge in [0.25, 0.3) is 0 Å². The fraction of sp³-hybridized carbons (Fsp3) is 0.700. The van der Waals surface area contributed by atoms with Crippen LogP contribution in [0.1, 0.15) is 41.0 Å². The zero-order valence-electron chi connectivity index (χ0n) is 18.5. The Labute approximate surface area is 188 Å². The smallest absolute Gasteiger partial charge is 0.328 e. The van der Waals surface area contributed by atoms with Gasteiger partial charge in [-0.05, 0) is 32.8 Å². The summed E-state index contributed by atoms with van der Waals surface area (Å²) in [7, 11) is 0. The molecule has 31 heavy (non-hydrogen) atoms. The maximum atomic E-state index is 12.7. The van der Waals surface area contributed by atoms with Crippen LogP contribution < -0.4 is 21.3 Å². The summed E-state index contributed by atoms with van der Waals surface area (Å²) >= 11 is 4.12. The van der Waals surface area contributed by atoms with Crippen molar-refractivity contribution < 1.29 is 29.0 Å². The number of aliphatic hydroxyl groups is 1. The Morgan fingerprint density at radius 1 is 1.06 bits per heavy atom. The third-order valence-electron chi connectivity index (χ3n) is 4.74. The monoisotopic (exact) mass is 458 g/mol. The molecule has 0 spiro atoms. The van der Waals surface area contributed by atoms with Crippen molar-refractivity contribution in [3.8, 4) is 0 Å². The molecule has 11 heteroatoms. The van der Waals surface area contributed by atoms with Gasteiger partial charge in [-0.2, -0.15) is 12.6 Å². The van der Waals surface area contributed by atoms with Gasteiger partial charge in [-0.1, -0.05) is 19.9 Å². The molecule has 0 aromatic heterocycles. The number of carbonyl (C=O) groups excluding carboxylic acids is 4. The highest BCUT2D eigenvalue weighted by molar-refractivity contribution is 7.80. The Kier molecular flexibility index (Phi) is 11.0. The zero-order chi connectivity index (χ0) is 23.7. The van der Waals surface area contributed by atoms with Crippen molar-refractivity contribution in [3.63, 3.8) is 0 Å². The molecule has 0 aromatic rings. The molecular formula is C20H34N4O6S. The first-order valence-corrected chi connectivity index (χ1v) is 10.9. The predicted molar refractivity (Wildman–Crippen MR) is 118 cm³/mol. The SMILES string of the molecule is C/C=C/[C@@H]1CC(O)N[C@H](C)C(=O)N[C@H](CS)C(=O)N[C@H](C(C)C)C(=O)N[C@H](C)C(=O)O1. The second-order valence-electron chi connectivity index (χ2n) is 7.85. The van der Waals surface area contributed by atoms with Gasteiger partial charge in [0.1, 0.15) is 30.5 Å². The lowest BCUT2D eigenvalue weighted by atomic mass is 10.0. The summed E-state index contributed by atoms with van der Waals surface area (Å²) in [5.41, 5.74) is 0. The summed E-state index contributed by atoms with van der Waals surface area (Å²) in [6, 6.07) is -3.74. The number of esters is 1. The van der Waals surface area contributed by atoms with Crippen LogP contribution in [0.15, 0.2) is 12.2 Å². The van der Waals surface area contributed by atoms with Crippen LogP contribution in [0.4, 0.5) is 0 Å². The topological polar surface area (TPSA) is 146 Å². The Balaban J connectivity index is 3.20. The molecular weight excluding hydrogens is 424 g/mol. The average Bonchev–Trinajstić information content (AvgIpc) is 2.68. The average molecular weight is 459 g/mol. The number of ether oxygens (including phenoxy) is 1. The molecule has 1 aliphatic rings. The minimum absolute atomic E-state index is 0.00534. The molecule has 176 valence electrons. The lowest BCUT2D eigenvalue weighted by Crippen LogP contribution is -2.59. The number of hydrogen-bond donors (Lipinski definition) is 6. The summed E-state index contributed by atoms with van der Waals surface area (Å²) in [6.07, 6.45) is 1.32. The van der Waals surface area contributed by atoms with Crippen LogP contribution in [-0.2, 0) is 23.9 Å². The Morgan fingerprint density at radius 3 is 2.26 bits per heavy atom. The van der Waals surface area contributed by atoms with E-state index in [0.29, 0.717) is 0 Å². The molecule has 3 amide bonds. The van der Waals surface area contributed by atoms with Gasteiger partial charge in [-0.15, -0.1) is 0 Å². The minimum Gasteiger partial charge on any atom is -0.456 e. The quantitative estimate of drug-likeness (QED) is 0.185. The van der Waals surface area contributed by atoms with Crippen molar-refractivity contribution in [1.29, 1.82) is 0 Å². The van der Waals surface area contributed by atoms with Crippen LogP contribution >= 0.6 is 12.6 Å². The number of rotatable bonds is 3. The van der Waals surface area contributed by atoms with Gasteiger partial charge in [-0.25, -0.2) is 4.79 Å². The van der Waals surface area contributed by atoms with Crippen molar-refractivity contribution in [2.45, 2.75) is 77.5 Å². The highest BCUT2D eigenvalue weighted by Gasteiger charge is 2.32. The third-order valence-corrected chi connectivity index (χ3v) is 5.11. The Bertz CT molecular complexity index is 687. The van der Waals surface area contributed by atoms with Crippen molar-refractivity contribution in [1.82, 2.24) is 21.3 Å². The molecule has 10 nitrogen and oxygen atoms in total. The van der Waals surface area contributed by atoms with E-state index in [1.165, 1.54) is 13.8 Å². The molecule has 1 heterocycles. The molecule has 1 unspecified atom stereocenters. The van der Waals surface area contributed by atoms with E-state index in [1.54, 1.807) is 32.9 Å². The number of thiol groups is 1. The van der Waals surface area contributed by atoms with E-state index in [9.17, 15) is 24.3 Å². The third kappa shape index (κ3) is 8.50. The first-order valence-electron chi connectivity index (χ1n) is 10.3. The molecule has 5 N–H and O–H groups in total. The molecule has 0 aromatic carbocycles. The number of carbonyl (C=O) groups is 4. The van der Waals surface area contributed by atoms with Crippen LogP contribution in [0.25, 0.3) is 0 Å². The Morgan fingerprint density at radius 2 is 1.71 bits per heavy atom. The first kappa shape index (κ1) is 26.9. The number of amides is 3. The molecule has 1 rings (SSSR count). The van der Waals surface area contributed by atoms with Crippen molar-refractivity contribution >= 4 is 36.3 Å². The summed E-state index contributed by atoms with van der Waals surface area (Å²) in [5, 5.41) is 20.7. The highest BCUT2D eigenvalue weighted by atomic mass is 32.1. The van der Waals surface area contributed by atoms with Crippen LogP contribution in [0, 0.1) is 5.92 Å². The molecule has 0 saturated carbocycles. The maximum Gasteiger partial charge on any atom is 0.328 e. The summed E-state index contributed by atoms with van der Waals surface area (Å²) in [6.45, 7) is 8.23. The van der Waals surface area contributed by atoms with E-state index in [4.69, 9.17) is 4.74 Å². The second kappa shape index (κ2) is 12.7. The Hall–Kier alpha value is -2.11. The van der Waals surface area contributed by atoms with Gasteiger partial charge in [-0.3, -0.25) is 19.7 Å². The fourth-order valence-corrected chi connectivity index (χ4v) is 3.18. The van der Waals surface area contributed by atoms with Crippen LogP contribution in [-0.4, -0.2) is 71.0 Å². The van der Waals surface area contributed by atoms with Gasteiger partial charge < -0.3 is 25.8 Å². The molecule has 6 atom stereocenters. The van der Waals surface area contributed by atoms with Gasteiger partial charge in [0.05, 0.1) is 6.04 Å². The maximum absolute atomic E-state index is 12.7. The predicted octanol–water partition coefficient (Wildman–Crippen LogP) is -0.765. The molecule has 0 radical (unpaired) electrons. The van der Waals surface area contributed by atoms with E-state index >= 15 is 0 Å². The van der Waals surface area contributed by atoms with Gasteiger partial charge in [0.15, 0.2) is 0 Å². The van der Waals surface area contributed by atoms with E-state index < -0.39 is 60.2 Å². The highest BCUT2D eigenvalue weighted by Crippen LogP contribution is 2.09. The lowest BCUT2D eigenvalue weighted by Gasteiger charge is -2.28. The van der Waals surface area contributed by atoms with Crippen LogP contribution in [0.3, 0.4) is 0 Å². The van der Waals surface area contributed by atoms with Crippen LogP contribution in [0.5, 0.6) is 0 Å². The standard InChI is InChI=1S/C20H34N4O6S/c1-6-7-13-8-15(25)21-11(4)17(26)23-14(9-31)18(27)24-16(10(2)3)19(28)22-12(5)20(29)30-13/h6-7,10-16,21,25,31H,8-9H2,1-5H3,(H,22,28)(H,23,26)(H,24,27)/b7-6+/t11-,12-,13-,14-,15?,16-/m1/s1. The van der Waals surface area contributed by atoms with Crippen molar-refractivity contribution in [2.24, 2.45) is 5.92 Å². The summed E-state index contributed by atoms with van der Waals surface area (Å²) in [5.74, 6) is -2.63.